The van der Waals surface area contributed by atoms with Crippen LogP contribution in [-0.2, 0) is 19.1 Å². The van der Waals surface area contributed by atoms with Crippen molar-refractivity contribution < 1.29 is 33.8 Å². The number of benzene rings is 2. The predicted molar refractivity (Wildman–Crippen MR) is 142 cm³/mol. The number of nitrogens with zero attached hydrogens (tertiary/aromatic N) is 2. The highest BCUT2D eigenvalue weighted by Gasteiger charge is 2.38. The second kappa shape index (κ2) is 13.1. The Bertz CT molecular complexity index is 1250. The maximum absolute atomic E-state index is 13.7. The zero-order valence-electron chi connectivity index (χ0n) is 22.5. The highest BCUT2D eigenvalue weighted by molar-refractivity contribution is 6.00. The van der Waals surface area contributed by atoms with Gasteiger partial charge in [-0.25, -0.2) is 4.79 Å². The van der Waals surface area contributed by atoms with E-state index in [0.29, 0.717) is 17.0 Å². The van der Waals surface area contributed by atoms with E-state index in [0.717, 1.165) is 4.90 Å². The van der Waals surface area contributed by atoms with Gasteiger partial charge < -0.3 is 35.8 Å². The summed E-state index contributed by atoms with van der Waals surface area (Å²) in [5.41, 5.74) is 5.21. The van der Waals surface area contributed by atoms with Crippen LogP contribution in [0.5, 0.6) is 11.5 Å². The van der Waals surface area contributed by atoms with Crippen molar-refractivity contribution in [3.05, 3.63) is 53.6 Å². The smallest absolute Gasteiger partial charge is 0.408 e. The van der Waals surface area contributed by atoms with Crippen LogP contribution in [0.4, 0.5) is 10.5 Å². The molecule has 12 heteroatoms. The molecule has 0 aliphatic heterocycles. The minimum Gasteiger partial charge on any atom is -0.507 e. The Morgan fingerprint density at radius 1 is 1.13 bits per heavy atom. The minimum absolute atomic E-state index is 0.0275. The Labute approximate surface area is 226 Å². The third-order valence-electron chi connectivity index (χ3n) is 5.40. The van der Waals surface area contributed by atoms with Crippen LogP contribution >= 0.6 is 0 Å². The zero-order valence-corrected chi connectivity index (χ0v) is 22.5. The summed E-state index contributed by atoms with van der Waals surface area (Å²) in [6.45, 7) is 5.81. The van der Waals surface area contributed by atoms with Gasteiger partial charge in [0.25, 0.3) is 5.91 Å². The first kappa shape index (κ1) is 30.4. The second-order valence-electron chi connectivity index (χ2n) is 9.63. The van der Waals surface area contributed by atoms with Crippen molar-refractivity contribution in [1.29, 1.82) is 5.26 Å². The lowest BCUT2D eigenvalue weighted by Crippen LogP contribution is -2.53. The van der Waals surface area contributed by atoms with E-state index in [1.165, 1.54) is 13.2 Å². The van der Waals surface area contributed by atoms with Crippen molar-refractivity contribution >= 4 is 29.5 Å². The Kier molecular flexibility index (Phi) is 10.3. The van der Waals surface area contributed by atoms with E-state index in [2.05, 4.69) is 10.6 Å². The average molecular weight is 540 g/mol. The molecule has 0 aromatic heterocycles. The summed E-state index contributed by atoms with van der Waals surface area (Å²) in [6.07, 6.45) is -1.64. The largest absolute Gasteiger partial charge is 0.507 e. The van der Waals surface area contributed by atoms with Gasteiger partial charge in [0.05, 0.1) is 19.6 Å². The molecule has 5 N–H and O–H groups in total. The molecule has 0 aliphatic carbocycles. The average Bonchev–Trinajstić information content (AvgIpc) is 2.84. The molecule has 0 radical (unpaired) electrons. The van der Waals surface area contributed by atoms with Gasteiger partial charge in [0, 0.05) is 11.3 Å². The van der Waals surface area contributed by atoms with Gasteiger partial charge in [-0.3, -0.25) is 14.4 Å². The molecule has 4 amide bonds. The zero-order chi connectivity index (χ0) is 29.3. The van der Waals surface area contributed by atoms with Gasteiger partial charge in [0.15, 0.2) is 0 Å². The molecule has 208 valence electrons. The van der Waals surface area contributed by atoms with Gasteiger partial charge in [-0.05, 0) is 57.5 Å². The third kappa shape index (κ3) is 8.63. The van der Waals surface area contributed by atoms with Gasteiger partial charge >= 0.3 is 6.09 Å². The van der Waals surface area contributed by atoms with Crippen LogP contribution in [0, 0.1) is 18.3 Å². The lowest BCUT2D eigenvalue weighted by Gasteiger charge is -2.33. The number of hydrogen-bond donors (Lipinski definition) is 4. The number of hydrogen-bond acceptors (Lipinski definition) is 8. The summed E-state index contributed by atoms with van der Waals surface area (Å²) in [4.78, 5) is 52.5. The van der Waals surface area contributed by atoms with E-state index in [4.69, 9.17) is 15.2 Å². The molecule has 0 fully saturated rings. The molecule has 0 aliphatic rings. The number of carbonyl (C=O) groups excluding carboxylic acids is 4. The molecular weight excluding hydrogens is 506 g/mol. The summed E-state index contributed by atoms with van der Waals surface area (Å²) in [5.74, 6) is -2.37. The SMILES string of the molecule is COc1ccc(NC(=O)C(c2cccc(C)c2O)N(CC#N)C(=O)C(CC(N)=O)NC(=O)OC(C)(C)C)cc1. The van der Waals surface area contributed by atoms with Crippen molar-refractivity contribution in [3.8, 4) is 17.6 Å². The molecular formula is C27H33N5O7. The fourth-order valence-electron chi connectivity index (χ4n) is 3.66. The molecule has 0 saturated heterocycles. The maximum atomic E-state index is 13.7. The van der Waals surface area contributed by atoms with E-state index < -0.39 is 54.5 Å². The van der Waals surface area contributed by atoms with Crippen LogP contribution < -0.4 is 21.1 Å². The molecule has 39 heavy (non-hydrogen) atoms. The first-order valence-corrected chi connectivity index (χ1v) is 12.0. The first-order chi connectivity index (χ1) is 18.3. The van der Waals surface area contributed by atoms with Crippen LogP contribution in [0.1, 0.15) is 44.4 Å². The standard InChI is InChI=1S/C27H33N5O7/c1-16-7-6-8-19(23(16)34)22(24(35)30-17-9-11-18(38-5)12-10-17)32(14-13-28)25(36)20(15-21(29)33)31-26(37)39-27(2,3)4/h6-12,20,22,34H,14-15H2,1-5H3,(H2,29,33)(H,30,35)(H,31,37). The number of ether oxygens (including phenoxy) is 2. The molecule has 0 saturated carbocycles. The fourth-order valence-corrected chi connectivity index (χ4v) is 3.66. The summed E-state index contributed by atoms with van der Waals surface area (Å²) >= 11 is 0. The van der Waals surface area contributed by atoms with E-state index in [1.807, 2.05) is 6.07 Å². The first-order valence-electron chi connectivity index (χ1n) is 12.0. The number of aryl methyl sites for hydroxylation is 1. The number of rotatable bonds is 10. The lowest BCUT2D eigenvalue weighted by molar-refractivity contribution is -0.141. The molecule has 0 spiro atoms. The van der Waals surface area contributed by atoms with E-state index in [1.54, 1.807) is 64.1 Å². The molecule has 2 atom stereocenters. The number of alkyl carbamates (subject to hydrolysis) is 1. The molecule has 2 aromatic rings. The van der Waals surface area contributed by atoms with Gasteiger partial charge in [-0.2, -0.15) is 5.26 Å². The van der Waals surface area contributed by atoms with Crippen molar-refractivity contribution in [2.45, 2.75) is 51.8 Å². The topological polar surface area (TPSA) is 184 Å². The maximum Gasteiger partial charge on any atom is 0.408 e. The molecule has 2 rings (SSSR count). The summed E-state index contributed by atoms with van der Waals surface area (Å²) < 4.78 is 10.3. The van der Waals surface area contributed by atoms with Crippen molar-refractivity contribution in [2.75, 3.05) is 19.0 Å². The summed E-state index contributed by atoms with van der Waals surface area (Å²) in [6, 6.07) is 9.72. The molecule has 2 aromatic carbocycles. The van der Waals surface area contributed by atoms with Gasteiger partial charge in [-0.15, -0.1) is 0 Å². The van der Waals surface area contributed by atoms with Crippen molar-refractivity contribution in [2.24, 2.45) is 5.73 Å². The number of nitriles is 1. The van der Waals surface area contributed by atoms with Crippen molar-refractivity contribution in [3.63, 3.8) is 0 Å². The third-order valence-corrected chi connectivity index (χ3v) is 5.40. The van der Waals surface area contributed by atoms with Crippen LogP contribution in [0.2, 0.25) is 0 Å². The van der Waals surface area contributed by atoms with Gasteiger partial charge in [0.2, 0.25) is 11.8 Å². The number of carbonyl (C=O) groups is 4. The number of phenolic OH excluding ortho intramolecular Hbond substituents is 1. The lowest BCUT2D eigenvalue weighted by atomic mass is 9.98. The van der Waals surface area contributed by atoms with Gasteiger partial charge in [-0.1, -0.05) is 18.2 Å². The Balaban J connectivity index is 2.56. The highest BCUT2D eigenvalue weighted by atomic mass is 16.6. The molecule has 2 unspecified atom stereocenters. The Morgan fingerprint density at radius 3 is 2.31 bits per heavy atom. The number of primary amides is 1. The summed E-state index contributed by atoms with van der Waals surface area (Å²) in [7, 11) is 1.49. The van der Waals surface area contributed by atoms with Gasteiger partial charge in [0.1, 0.15) is 35.7 Å². The minimum atomic E-state index is -1.56. The number of nitrogens with one attached hydrogen (secondary N) is 2. The molecule has 12 nitrogen and oxygen atoms in total. The monoisotopic (exact) mass is 539 g/mol. The Morgan fingerprint density at radius 2 is 1.77 bits per heavy atom. The number of anilines is 1. The number of phenols is 1. The number of aromatic hydroxyl groups is 1. The van der Waals surface area contributed by atoms with Crippen LogP contribution in [-0.4, -0.2) is 59.1 Å². The predicted octanol–water partition coefficient (Wildman–Crippen LogP) is 2.51. The quantitative estimate of drug-likeness (QED) is 0.332. The molecule has 0 heterocycles. The normalized spacial score (nSPS) is 12.3. The molecule has 0 bridgehead atoms. The van der Waals surface area contributed by atoms with Crippen LogP contribution in [0.25, 0.3) is 0 Å². The second-order valence-corrected chi connectivity index (χ2v) is 9.63. The van der Waals surface area contributed by atoms with Crippen LogP contribution in [0.3, 0.4) is 0 Å². The van der Waals surface area contributed by atoms with E-state index in [9.17, 15) is 29.5 Å². The Hall–Kier alpha value is -4.79. The fraction of sp³-hybridized carbons (Fsp3) is 0.370. The number of amides is 4. The van der Waals surface area contributed by atoms with E-state index >= 15 is 0 Å². The van der Waals surface area contributed by atoms with E-state index in [-0.39, 0.29) is 11.3 Å². The van der Waals surface area contributed by atoms with Crippen LogP contribution in [0.15, 0.2) is 42.5 Å². The van der Waals surface area contributed by atoms with Crippen molar-refractivity contribution in [1.82, 2.24) is 10.2 Å². The number of nitrogens with two attached hydrogens (primary N) is 1. The number of para-hydroxylation sites is 1. The number of methoxy groups -OCH3 is 1. The highest BCUT2D eigenvalue weighted by Crippen LogP contribution is 2.33. The summed E-state index contributed by atoms with van der Waals surface area (Å²) in [5, 5.41) is 25.4.